The lowest BCUT2D eigenvalue weighted by atomic mass is 10.0. The summed E-state index contributed by atoms with van der Waals surface area (Å²) in [6, 6.07) is 17.1. The van der Waals surface area contributed by atoms with E-state index in [9.17, 15) is 13.8 Å². The summed E-state index contributed by atoms with van der Waals surface area (Å²) in [7, 11) is -1.03. The van der Waals surface area contributed by atoms with Gasteiger partial charge in [-0.15, -0.1) is 0 Å². The van der Waals surface area contributed by atoms with E-state index in [1.54, 1.807) is 6.07 Å². The average Bonchev–Trinajstić information content (AvgIpc) is 3.13. The number of carbonyl (C=O) groups excluding carboxylic acids is 1. The van der Waals surface area contributed by atoms with Gasteiger partial charge in [0.1, 0.15) is 0 Å². The second-order valence-corrected chi connectivity index (χ2v) is 8.41. The summed E-state index contributed by atoms with van der Waals surface area (Å²) in [4.78, 5) is 23.4. The molecule has 0 bridgehead atoms. The molecular weight excluding hydrogens is 362 g/mol. The van der Waals surface area contributed by atoms with E-state index in [0.29, 0.717) is 36.5 Å². The lowest BCUT2D eigenvalue weighted by Crippen LogP contribution is -2.21. The molecule has 3 rings (SSSR count). The molecule has 5 nitrogen and oxygen atoms in total. The molecule has 6 heteroatoms. The molecule has 27 heavy (non-hydrogen) atoms. The van der Waals surface area contributed by atoms with Crippen LogP contribution in [0.1, 0.15) is 30.4 Å². The minimum atomic E-state index is -1.03. The summed E-state index contributed by atoms with van der Waals surface area (Å²) in [5.41, 5.74) is 2.60. The highest BCUT2D eigenvalue weighted by Gasteiger charge is 2.33. The number of anilines is 1. The quantitative estimate of drug-likeness (QED) is 0.763. The summed E-state index contributed by atoms with van der Waals surface area (Å²) in [5.74, 6) is -0.733. The standard InChI is InChI=1S/C21H23NO4S/c23-20(17-9-10-18(12-17)21(24)25)22-19-8-4-7-16(11-19)14-27(26)13-15-5-2-1-3-6-15/h1-8,11,17-18H,9-10,12-14H2,(H,22,23)(H,24,25)/t17-,18+,27?/m0/s1. The summed E-state index contributed by atoms with van der Waals surface area (Å²) in [6.07, 6.45) is 1.54. The first-order valence-corrected chi connectivity index (χ1v) is 10.5. The van der Waals surface area contributed by atoms with Gasteiger partial charge in [-0.05, 0) is 42.5 Å². The molecule has 3 atom stereocenters. The zero-order valence-electron chi connectivity index (χ0n) is 15.0. The maximum atomic E-state index is 12.4. The Morgan fingerprint density at radius 3 is 2.33 bits per heavy atom. The van der Waals surface area contributed by atoms with Gasteiger partial charge in [-0.25, -0.2) is 0 Å². The number of carboxylic acids is 1. The highest BCUT2D eigenvalue weighted by Crippen LogP contribution is 2.32. The normalized spacial score (nSPS) is 20.1. The number of hydrogen-bond donors (Lipinski definition) is 2. The lowest BCUT2D eigenvalue weighted by Gasteiger charge is -2.12. The van der Waals surface area contributed by atoms with Crippen molar-refractivity contribution < 1.29 is 18.9 Å². The van der Waals surface area contributed by atoms with Gasteiger partial charge in [0, 0.05) is 33.9 Å². The van der Waals surface area contributed by atoms with Gasteiger partial charge in [0.25, 0.3) is 0 Å². The van der Waals surface area contributed by atoms with Crippen LogP contribution in [0.4, 0.5) is 5.69 Å². The van der Waals surface area contributed by atoms with Gasteiger partial charge < -0.3 is 10.4 Å². The van der Waals surface area contributed by atoms with Crippen molar-refractivity contribution in [1.29, 1.82) is 0 Å². The molecule has 1 aliphatic carbocycles. The Kier molecular flexibility index (Phi) is 6.40. The number of rotatable bonds is 7. The Labute approximate surface area is 161 Å². The van der Waals surface area contributed by atoms with Gasteiger partial charge in [-0.2, -0.15) is 0 Å². The van der Waals surface area contributed by atoms with Crippen molar-refractivity contribution in [3.63, 3.8) is 0 Å². The Bertz CT molecular complexity index is 837. The molecule has 0 saturated heterocycles. The molecule has 1 saturated carbocycles. The highest BCUT2D eigenvalue weighted by atomic mass is 32.2. The van der Waals surface area contributed by atoms with Crippen LogP contribution in [0.5, 0.6) is 0 Å². The van der Waals surface area contributed by atoms with Crippen molar-refractivity contribution in [1.82, 2.24) is 0 Å². The number of carboxylic acid groups (broad SMARTS) is 1. The number of nitrogens with one attached hydrogen (secondary N) is 1. The van der Waals surface area contributed by atoms with Crippen molar-refractivity contribution in [3.05, 3.63) is 65.7 Å². The molecule has 1 fully saturated rings. The molecule has 2 N–H and O–H groups in total. The van der Waals surface area contributed by atoms with E-state index in [0.717, 1.165) is 11.1 Å². The number of hydrogen-bond acceptors (Lipinski definition) is 3. The van der Waals surface area contributed by atoms with Crippen molar-refractivity contribution in [3.8, 4) is 0 Å². The molecule has 0 aromatic heterocycles. The first kappa shape index (κ1) is 19.3. The number of carbonyl (C=O) groups is 2. The van der Waals surface area contributed by atoms with Gasteiger partial charge in [-0.3, -0.25) is 13.8 Å². The Morgan fingerprint density at radius 1 is 0.963 bits per heavy atom. The number of amides is 1. The smallest absolute Gasteiger partial charge is 0.306 e. The monoisotopic (exact) mass is 385 g/mol. The van der Waals surface area contributed by atoms with E-state index in [2.05, 4.69) is 5.32 Å². The minimum absolute atomic E-state index is 0.138. The predicted octanol–water partition coefficient (Wildman–Crippen LogP) is 3.57. The molecule has 1 aliphatic rings. The second kappa shape index (κ2) is 8.95. The zero-order valence-corrected chi connectivity index (χ0v) is 15.8. The van der Waals surface area contributed by atoms with Crippen LogP contribution in [0.25, 0.3) is 0 Å². The van der Waals surface area contributed by atoms with E-state index in [4.69, 9.17) is 5.11 Å². The van der Waals surface area contributed by atoms with E-state index in [-0.39, 0.29) is 11.8 Å². The molecule has 1 amide bonds. The van der Waals surface area contributed by atoms with E-state index >= 15 is 0 Å². The topological polar surface area (TPSA) is 83.5 Å². The van der Waals surface area contributed by atoms with Crippen molar-refractivity contribution >= 4 is 28.4 Å². The molecule has 2 aromatic rings. The third-order valence-corrected chi connectivity index (χ3v) is 6.16. The van der Waals surface area contributed by atoms with Crippen molar-refractivity contribution in [2.24, 2.45) is 11.8 Å². The molecule has 2 aromatic carbocycles. The van der Waals surface area contributed by atoms with Gasteiger partial charge in [0.05, 0.1) is 5.92 Å². The molecule has 142 valence electrons. The molecule has 0 spiro atoms. The molecular formula is C21H23NO4S. The van der Waals surface area contributed by atoms with Crippen molar-refractivity contribution in [2.45, 2.75) is 30.8 Å². The largest absolute Gasteiger partial charge is 0.481 e. The second-order valence-electron chi connectivity index (χ2n) is 6.95. The third-order valence-electron chi connectivity index (χ3n) is 4.85. The zero-order chi connectivity index (χ0) is 19.2. The highest BCUT2D eigenvalue weighted by molar-refractivity contribution is 7.83. The van der Waals surface area contributed by atoms with E-state index in [1.165, 1.54) is 0 Å². The van der Waals surface area contributed by atoms with Crippen LogP contribution in [0.3, 0.4) is 0 Å². The number of aliphatic carboxylic acids is 1. The van der Waals surface area contributed by atoms with Gasteiger partial charge in [0.2, 0.25) is 5.91 Å². The van der Waals surface area contributed by atoms with E-state index in [1.807, 2.05) is 48.5 Å². The fourth-order valence-corrected chi connectivity index (χ4v) is 4.64. The van der Waals surface area contributed by atoms with Crippen LogP contribution < -0.4 is 5.32 Å². The third kappa shape index (κ3) is 5.50. The number of benzene rings is 2. The summed E-state index contributed by atoms with van der Waals surface area (Å²) in [5, 5.41) is 11.9. The fraction of sp³-hybridized carbons (Fsp3) is 0.333. The van der Waals surface area contributed by atoms with Crippen molar-refractivity contribution in [2.75, 3.05) is 5.32 Å². The first-order valence-electron chi connectivity index (χ1n) is 9.03. The van der Waals surface area contributed by atoms with Crippen LogP contribution in [-0.2, 0) is 31.9 Å². The van der Waals surface area contributed by atoms with Gasteiger partial charge in [-0.1, -0.05) is 42.5 Å². The summed E-state index contributed by atoms with van der Waals surface area (Å²) < 4.78 is 12.4. The van der Waals surface area contributed by atoms with Crippen LogP contribution in [0, 0.1) is 11.8 Å². The maximum absolute atomic E-state index is 12.4. The molecule has 0 radical (unpaired) electrons. The van der Waals surface area contributed by atoms with E-state index < -0.39 is 22.7 Å². The molecule has 1 unspecified atom stereocenters. The van der Waals surface area contributed by atoms with Crippen LogP contribution >= 0.6 is 0 Å². The maximum Gasteiger partial charge on any atom is 0.306 e. The molecule has 0 heterocycles. The summed E-state index contributed by atoms with van der Waals surface area (Å²) in [6.45, 7) is 0. The van der Waals surface area contributed by atoms with Crippen LogP contribution in [0.15, 0.2) is 54.6 Å². The van der Waals surface area contributed by atoms with Gasteiger partial charge in [0.15, 0.2) is 0 Å². The van der Waals surface area contributed by atoms with Gasteiger partial charge >= 0.3 is 5.97 Å². The average molecular weight is 385 g/mol. The summed E-state index contributed by atoms with van der Waals surface area (Å²) >= 11 is 0. The fourth-order valence-electron chi connectivity index (χ4n) is 3.42. The SMILES string of the molecule is O=C(O)[C@@H]1CC[C@H](C(=O)Nc2cccc(CS(=O)Cc3ccccc3)c2)C1. The Balaban J connectivity index is 1.56. The predicted molar refractivity (Wildman–Crippen MR) is 106 cm³/mol. The Hall–Kier alpha value is -2.47. The first-order chi connectivity index (χ1) is 13.0. The Morgan fingerprint density at radius 2 is 1.63 bits per heavy atom. The lowest BCUT2D eigenvalue weighted by molar-refractivity contribution is -0.141. The molecule has 0 aliphatic heterocycles. The van der Waals surface area contributed by atoms with Crippen LogP contribution in [0.2, 0.25) is 0 Å². The minimum Gasteiger partial charge on any atom is -0.481 e. The van der Waals surface area contributed by atoms with Crippen LogP contribution in [-0.4, -0.2) is 21.2 Å².